The van der Waals surface area contributed by atoms with E-state index in [2.05, 4.69) is 43.0 Å². The van der Waals surface area contributed by atoms with Crippen molar-refractivity contribution < 1.29 is 0 Å². The van der Waals surface area contributed by atoms with Crippen LogP contribution in [0.15, 0.2) is 12.4 Å². The van der Waals surface area contributed by atoms with Gasteiger partial charge < -0.3 is 9.80 Å². The van der Waals surface area contributed by atoms with Gasteiger partial charge in [-0.2, -0.15) is 0 Å². The van der Waals surface area contributed by atoms with Gasteiger partial charge in [-0.15, -0.1) is 0 Å². The first-order chi connectivity index (χ1) is 20.3. The number of hydrogen-bond donors (Lipinski definition) is 0. The van der Waals surface area contributed by atoms with E-state index < -0.39 is 0 Å². The SMILES string of the molecule is CCCCCCCCCCCCCCCCCCC1N(CCC)C=CN1CCCCCCCCCCCCCCC. The predicted molar refractivity (Wildman–Crippen MR) is 186 cm³/mol. The third-order valence-electron chi connectivity index (χ3n) is 9.53. The fourth-order valence-electron chi connectivity index (χ4n) is 6.78. The molecule has 0 aromatic rings. The lowest BCUT2D eigenvalue weighted by Crippen LogP contribution is -2.39. The molecule has 0 aromatic carbocycles. The molecule has 2 heteroatoms. The third kappa shape index (κ3) is 23.5. The quantitative estimate of drug-likeness (QED) is 0.0719. The summed E-state index contributed by atoms with van der Waals surface area (Å²) >= 11 is 0. The zero-order valence-electron chi connectivity index (χ0n) is 29.0. The molecule has 0 N–H and O–H groups in total. The Kier molecular flexibility index (Phi) is 28.8. The van der Waals surface area contributed by atoms with Crippen LogP contribution in [0.2, 0.25) is 0 Å². The van der Waals surface area contributed by atoms with Gasteiger partial charge in [0, 0.05) is 25.5 Å². The van der Waals surface area contributed by atoms with Crippen LogP contribution in [0.3, 0.4) is 0 Å². The second-order valence-corrected chi connectivity index (χ2v) is 13.6. The summed E-state index contributed by atoms with van der Waals surface area (Å²) in [7, 11) is 0. The van der Waals surface area contributed by atoms with E-state index >= 15 is 0 Å². The minimum Gasteiger partial charge on any atom is -0.356 e. The van der Waals surface area contributed by atoms with E-state index in [0.717, 1.165) is 0 Å². The summed E-state index contributed by atoms with van der Waals surface area (Å²) in [6.45, 7) is 9.43. The lowest BCUT2D eigenvalue weighted by molar-refractivity contribution is 0.137. The van der Waals surface area contributed by atoms with Crippen LogP contribution < -0.4 is 0 Å². The molecule has 0 saturated carbocycles. The van der Waals surface area contributed by atoms with Crippen LogP contribution in [0.25, 0.3) is 0 Å². The van der Waals surface area contributed by atoms with Gasteiger partial charge in [-0.05, 0) is 25.7 Å². The Morgan fingerprint density at radius 1 is 0.317 bits per heavy atom. The summed E-state index contributed by atoms with van der Waals surface area (Å²) in [4.78, 5) is 5.31. The van der Waals surface area contributed by atoms with E-state index in [4.69, 9.17) is 0 Å². The zero-order valence-corrected chi connectivity index (χ0v) is 29.0. The van der Waals surface area contributed by atoms with Gasteiger partial charge in [0.15, 0.2) is 0 Å². The first-order valence-corrected chi connectivity index (χ1v) is 19.5. The molecule has 41 heavy (non-hydrogen) atoms. The minimum atomic E-state index is 0.638. The summed E-state index contributed by atoms with van der Waals surface area (Å²) in [6.07, 6.45) is 50.1. The van der Waals surface area contributed by atoms with E-state index in [-0.39, 0.29) is 0 Å². The van der Waals surface area contributed by atoms with E-state index in [1.165, 1.54) is 212 Å². The summed E-state index contributed by atoms with van der Waals surface area (Å²) in [5.41, 5.74) is 0. The maximum absolute atomic E-state index is 2.68. The van der Waals surface area contributed by atoms with E-state index in [0.29, 0.717) is 6.17 Å². The number of rotatable bonds is 33. The molecule has 244 valence electrons. The zero-order chi connectivity index (χ0) is 29.5. The Morgan fingerprint density at radius 2 is 0.610 bits per heavy atom. The topological polar surface area (TPSA) is 6.48 Å². The first-order valence-electron chi connectivity index (χ1n) is 19.5. The number of nitrogens with zero attached hydrogens (tertiary/aromatic N) is 2. The van der Waals surface area contributed by atoms with Crippen LogP contribution >= 0.6 is 0 Å². The highest BCUT2D eigenvalue weighted by molar-refractivity contribution is 4.96. The fraction of sp³-hybridized carbons (Fsp3) is 0.949. The molecule has 1 heterocycles. The Balaban J connectivity index is 1.97. The Bertz CT molecular complexity index is 530. The van der Waals surface area contributed by atoms with Gasteiger partial charge >= 0.3 is 0 Å². The Labute approximate surface area is 260 Å². The van der Waals surface area contributed by atoms with Crippen LogP contribution in [0.5, 0.6) is 0 Å². The average Bonchev–Trinajstić information content (AvgIpc) is 3.36. The molecule has 0 radical (unpaired) electrons. The van der Waals surface area contributed by atoms with Gasteiger partial charge in [0.25, 0.3) is 0 Å². The van der Waals surface area contributed by atoms with Crippen LogP contribution in [-0.2, 0) is 0 Å². The molecule has 1 unspecified atom stereocenters. The normalized spacial score (nSPS) is 15.0. The molecule has 0 fully saturated rings. The second-order valence-electron chi connectivity index (χ2n) is 13.6. The van der Waals surface area contributed by atoms with Crippen LogP contribution in [-0.4, -0.2) is 29.1 Å². The lowest BCUT2D eigenvalue weighted by Gasteiger charge is -2.33. The predicted octanol–water partition coefficient (Wildman–Crippen LogP) is 13.6. The summed E-state index contributed by atoms with van der Waals surface area (Å²) < 4.78 is 0. The molecular formula is C39H78N2. The van der Waals surface area contributed by atoms with Gasteiger partial charge in [0.2, 0.25) is 0 Å². The molecule has 1 aliphatic heterocycles. The van der Waals surface area contributed by atoms with E-state index in [1.807, 2.05) is 0 Å². The highest BCUT2D eigenvalue weighted by Gasteiger charge is 2.24. The molecule has 0 aliphatic carbocycles. The van der Waals surface area contributed by atoms with Crippen molar-refractivity contribution in [3.63, 3.8) is 0 Å². The minimum absolute atomic E-state index is 0.638. The van der Waals surface area contributed by atoms with Gasteiger partial charge in [-0.25, -0.2) is 0 Å². The van der Waals surface area contributed by atoms with Crippen molar-refractivity contribution >= 4 is 0 Å². The van der Waals surface area contributed by atoms with Crippen LogP contribution in [0, 0.1) is 0 Å². The van der Waals surface area contributed by atoms with Gasteiger partial charge in [0.1, 0.15) is 6.17 Å². The molecule has 0 saturated heterocycles. The maximum Gasteiger partial charge on any atom is 0.101 e. The van der Waals surface area contributed by atoms with E-state index in [1.54, 1.807) is 0 Å². The first kappa shape index (κ1) is 38.4. The second kappa shape index (κ2) is 30.8. The fourth-order valence-corrected chi connectivity index (χ4v) is 6.78. The maximum atomic E-state index is 2.68. The monoisotopic (exact) mass is 575 g/mol. The molecule has 0 spiro atoms. The molecule has 1 aliphatic rings. The van der Waals surface area contributed by atoms with Gasteiger partial charge in [-0.3, -0.25) is 0 Å². The highest BCUT2D eigenvalue weighted by atomic mass is 15.4. The molecule has 1 rings (SSSR count). The largest absolute Gasteiger partial charge is 0.356 e. The molecule has 0 bridgehead atoms. The molecule has 0 amide bonds. The smallest absolute Gasteiger partial charge is 0.101 e. The third-order valence-corrected chi connectivity index (χ3v) is 9.53. The lowest BCUT2D eigenvalue weighted by atomic mass is 10.0. The molecular weight excluding hydrogens is 496 g/mol. The number of hydrogen-bond acceptors (Lipinski definition) is 2. The molecule has 0 aromatic heterocycles. The molecule has 2 nitrogen and oxygen atoms in total. The van der Waals surface area contributed by atoms with Gasteiger partial charge in [-0.1, -0.05) is 194 Å². The van der Waals surface area contributed by atoms with Gasteiger partial charge in [0.05, 0.1) is 0 Å². The van der Waals surface area contributed by atoms with Crippen LogP contribution in [0.4, 0.5) is 0 Å². The standard InChI is InChI=1S/C39H78N2/c1-4-7-9-11-13-15-17-19-20-21-22-24-26-28-30-32-34-39-40(35-6-3)37-38-41(39)36-33-31-29-27-25-23-18-16-14-12-10-8-5-2/h37-39H,4-36H2,1-3H3. The average molecular weight is 575 g/mol. The summed E-state index contributed by atoms with van der Waals surface area (Å²) in [5, 5.41) is 0. The van der Waals surface area contributed by atoms with Crippen molar-refractivity contribution in [2.45, 2.75) is 226 Å². The highest BCUT2D eigenvalue weighted by Crippen LogP contribution is 2.23. The van der Waals surface area contributed by atoms with Crippen LogP contribution in [0.1, 0.15) is 220 Å². The Morgan fingerprint density at radius 3 is 0.951 bits per heavy atom. The van der Waals surface area contributed by atoms with Crippen molar-refractivity contribution in [1.82, 2.24) is 9.80 Å². The van der Waals surface area contributed by atoms with Crippen molar-refractivity contribution in [2.24, 2.45) is 0 Å². The molecule has 1 atom stereocenters. The van der Waals surface area contributed by atoms with Crippen molar-refractivity contribution in [3.05, 3.63) is 12.4 Å². The van der Waals surface area contributed by atoms with E-state index in [9.17, 15) is 0 Å². The summed E-state index contributed by atoms with van der Waals surface area (Å²) in [6, 6.07) is 0. The number of unbranched alkanes of at least 4 members (excludes halogenated alkanes) is 27. The van der Waals surface area contributed by atoms with Crippen molar-refractivity contribution in [2.75, 3.05) is 13.1 Å². The Hall–Kier alpha value is -0.660. The van der Waals surface area contributed by atoms with Crippen molar-refractivity contribution in [1.29, 1.82) is 0 Å². The summed E-state index contributed by atoms with van der Waals surface area (Å²) in [5.74, 6) is 0. The van der Waals surface area contributed by atoms with Crippen molar-refractivity contribution in [3.8, 4) is 0 Å².